The predicted molar refractivity (Wildman–Crippen MR) is 82.3 cm³/mol. The van der Waals surface area contributed by atoms with Crippen LogP contribution in [0.2, 0.25) is 0 Å². The molecule has 112 valence electrons. The van der Waals surface area contributed by atoms with Crippen molar-refractivity contribution in [2.45, 2.75) is 51.6 Å². The molecule has 0 bridgehead atoms. The van der Waals surface area contributed by atoms with Gasteiger partial charge in [0.25, 0.3) is 0 Å². The molecule has 20 heavy (non-hydrogen) atoms. The van der Waals surface area contributed by atoms with Crippen LogP contribution in [0.25, 0.3) is 0 Å². The van der Waals surface area contributed by atoms with Gasteiger partial charge in [0.05, 0.1) is 0 Å². The van der Waals surface area contributed by atoms with Crippen LogP contribution in [-0.2, 0) is 0 Å². The van der Waals surface area contributed by atoms with Crippen LogP contribution in [0.1, 0.15) is 51.1 Å². The Balaban J connectivity index is 2.10. The molecule has 0 saturated carbocycles. The maximum atomic E-state index is 14.0. The number of nitrogens with one attached hydrogen (secondary N) is 1. The Morgan fingerprint density at radius 2 is 2.10 bits per heavy atom. The van der Waals surface area contributed by atoms with Gasteiger partial charge in [-0.25, -0.2) is 4.39 Å². The molecule has 2 atom stereocenters. The van der Waals surface area contributed by atoms with E-state index in [0.29, 0.717) is 6.04 Å². The van der Waals surface area contributed by atoms with E-state index in [-0.39, 0.29) is 11.9 Å². The van der Waals surface area contributed by atoms with Crippen LogP contribution in [-0.4, -0.2) is 30.6 Å². The maximum absolute atomic E-state index is 14.0. The third-order valence-corrected chi connectivity index (χ3v) is 4.37. The number of nitrogens with zero attached hydrogens (tertiary/aromatic N) is 1. The largest absolute Gasteiger partial charge is 0.309 e. The van der Waals surface area contributed by atoms with Crippen molar-refractivity contribution in [1.29, 1.82) is 0 Å². The summed E-state index contributed by atoms with van der Waals surface area (Å²) in [6, 6.07) is 7.92. The molecule has 2 nitrogen and oxygen atoms in total. The van der Waals surface area contributed by atoms with Crippen molar-refractivity contribution >= 4 is 0 Å². The molecule has 0 amide bonds. The van der Waals surface area contributed by atoms with Crippen molar-refractivity contribution < 1.29 is 4.39 Å². The number of likely N-dealkylation sites (tertiary alicyclic amines) is 1. The van der Waals surface area contributed by atoms with Gasteiger partial charge < -0.3 is 5.32 Å². The molecule has 2 unspecified atom stereocenters. The van der Waals surface area contributed by atoms with Gasteiger partial charge >= 0.3 is 0 Å². The van der Waals surface area contributed by atoms with Gasteiger partial charge in [0, 0.05) is 24.2 Å². The van der Waals surface area contributed by atoms with Crippen LogP contribution < -0.4 is 5.32 Å². The second-order valence-corrected chi connectivity index (χ2v) is 5.68. The van der Waals surface area contributed by atoms with E-state index in [0.717, 1.165) is 25.2 Å². The zero-order valence-electron chi connectivity index (χ0n) is 12.7. The summed E-state index contributed by atoms with van der Waals surface area (Å²) in [5, 5.41) is 3.45. The van der Waals surface area contributed by atoms with Crippen LogP contribution in [0.4, 0.5) is 4.39 Å². The molecular weight excluding hydrogens is 251 g/mol. The lowest BCUT2D eigenvalue weighted by Crippen LogP contribution is -2.44. The molecule has 0 aliphatic carbocycles. The van der Waals surface area contributed by atoms with E-state index >= 15 is 0 Å². The molecule has 1 N–H and O–H groups in total. The van der Waals surface area contributed by atoms with E-state index in [4.69, 9.17) is 0 Å². The third kappa shape index (κ3) is 3.80. The van der Waals surface area contributed by atoms with Crippen LogP contribution in [0.5, 0.6) is 0 Å². The highest BCUT2D eigenvalue weighted by Crippen LogP contribution is 2.24. The fourth-order valence-electron chi connectivity index (χ4n) is 3.27. The van der Waals surface area contributed by atoms with E-state index in [9.17, 15) is 4.39 Å². The molecule has 1 aromatic carbocycles. The zero-order valence-corrected chi connectivity index (χ0v) is 12.7. The van der Waals surface area contributed by atoms with Crippen molar-refractivity contribution in [1.82, 2.24) is 10.2 Å². The minimum atomic E-state index is -0.0940. The van der Waals surface area contributed by atoms with Gasteiger partial charge in [-0.05, 0) is 38.4 Å². The maximum Gasteiger partial charge on any atom is 0.128 e. The molecule has 1 heterocycles. The number of benzene rings is 1. The highest BCUT2D eigenvalue weighted by Gasteiger charge is 2.25. The minimum absolute atomic E-state index is 0.0911. The van der Waals surface area contributed by atoms with Gasteiger partial charge in [-0.15, -0.1) is 0 Å². The van der Waals surface area contributed by atoms with Crippen molar-refractivity contribution in [3.05, 3.63) is 35.6 Å². The highest BCUT2D eigenvalue weighted by molar-refractivity contribution is 5.21. The second kappa shape index (κ2) is 7.75. The lowest BCUT2D eigenvalue weighted by molar-refractivity contribution is 0.129. The summed E-state index contributed by atoms with van der Waals surface area (Å²) in [6.07, 6.45) is 5.08. The first-order chi connectivity index (χ1) is 9.76. The average molecular weight is 278 g/mol. The van der Waals surface area contributed by atoms with Gasteiger partial charge in [-0.1, -0.05) is 38.5 Å². The van der Waals surface area contributed by atoms with Gasteiger partial charge in [-0.3, -0.25) is 4.90 Å². The van der Waals surface area contributed by atoms with E-state index < -0.39 is 0 Å². The van der Waals surface area contributed by atoms with Crippen molar-refractivity contribution in [2.75, 3.05) is 19.6 Å². The molecule has 1 aliphatic rings. The number of hydrogen-bond acceptors (Lipinski definition) is 2. The molecule has 0 aromatic heterocycles. The molecule has 0 spiro atoms. The van der Waals surface area contributed by atoms with Gasteiger partial charge in [-0.2, -0.15) is 0 Å². The fourth-order valence-corrected chi connectivity index (χ4v) is 3.27. The van der Waals surface area contributed by atoms with Crippen LogP contribution >= 0.6 is 0 Å². The van der Waals surface area contributed by atoms with Crippen molar-refractivity contribution in [3.63, 3.8) is 0 Å². The summed E-state index contributed by atoms with van der Waals surface area (Å²) in [6.45, 7) is 7.27. The zero-order chi connectivity index (χ0) is 14.4. The summed E-state index contributed by atoms with van der Waals surface area (Å²) in [7, 11) is 0. The first kappa shape index (κ1) is 15.5. The standard InChI is InChI=1S/C17H27FN2/c1-3-14-9-7-8-12-20(14)13-17(19-4-2)15-10-5-6-11-16(15)18/h5-6,10-11,14,17,19H,3-4,7-9,12-13H2,1-2H3. The smallest absolute Gasteiger partial charge is 0.128 e. The molecule has 1 aliphatic heterocycles. The average Bonchev–Trinajstić information content (AvgIpc) is 2.48. The Morgan fingerprint density at radius 1 is 1.30 bits per heavy atom. The number of rotatable bonds is 6. The Morgan fingerprint density at radius 3 is 2.80 bits per heavy atom. The van der Waals surface area contributed by atoms with E-state index in [2.05, 4.69) is 24.1 Å². The SMILES string of the molecule is CCNC(CN1CCCCC1CC)c1ccccc1F. The van der Waals surface area contributed by atoms with Crippen LogP contribution in [0, 0.1) is 5.82 Å². The Bertz CT molecular complexity index is 408. The quantitative estimate of drug-likeness (QED) is 0.852. The molecular formula is C17H27FN2. The fraction of sp³-hybridized carbons (Fsp3) is 0.647. The molecule has 1 fully saturated rings. The Kier molecular flexibility index (Phi) is 5.99. The number of halogens is 1. The highest BCUT2D eigenvalue weighted by atomic mass is 19.1. The topological polar surface area (TPSA) is 15.3 Å². The number of piperidine rings is 1. The molecule has 1 saturated heterocycles. The van der Waals surface area contributed by atoms with E-state index in [1.165, 1.54) is 25.7 Å². The monoisotopic (exact) mass is 278 g/mol. The van der Waals surface area contributed by atoms with E-state index in [1.807, 2.05) is 12.1 Å². The van der Waals surface area contributed by atoms with Crippen LogP contribution in [0.15, 0.2) is 24.3 Å². The van der Waals surface area contributed by atoms with Crippen molar-refractivity contribution in [3.8, 4) is 0 Å². The minimum Gasteiger partial charge on any atom is -0.309 e. The second-order valence-electron chi connectivity index (χ2n) is 5.68. The summed E-state index contributed by atoms with van der Waals surface area (Å²) < 4.78 is 14.0. The van der Waals surface area contributed by atoms with Gasteiger partial charge in [0.1, 0.15) is 5.82 Å². The van der Waals surface area contributed by atoms with Crippen molar-refractivity contribution in [2.24, 2.45) is 0 Å². The van der Waals surface area contributed by atoms with E-state index in [1.54, 1.807) is 12.1 Å². The molecule has 3 heteroatoms. The summed E-state index contributed by atoms with van der Waals surface area (Å²) in [4.78, 5) is 2.54. The lowest BCUT2D eigenvalue weighted by Gasteiger charge is -2.37. The summed E-state index contributed by atoms with van der Waals surface area (Å²) in [5.74, 6) is -0.0940. The van der Waals surface area contributed by atoms with Gasteiger partial charge in [0.2, 0.25) is 0 Å². The molecule has 1 aromatic rings. The first-order valence-corrected chi connectivity index (χ1v) is 7.98. The molecule has 0 radical (unpaired) electrons. The Labute approximate surface area is 122 Å². The Hall–Kier alpha value is -0.930. The molecule has 2 rings (SSSR count). The number of likely N-dealkylation sites (N-methyl/N-ethyl adjacent to an activating group) is 1. The third-order valence-electron chi connectivity index (χ3n) is 4.37. The van der Waals surface area contributed by atoms with Crippen LogP contribution in [0.3, 0.4) is 0 Å². The summed E-state index contributed by atoms with van der Waals surface area (Å²) >= 11 is 0. The summed E-state index contributed by atoms with van der Waals surface area (Å²) in [5.41, 5.74) is 0.801. The van der Waals surface area contributed by atoms with Gasteiger partial charge in [0.15, 0.2) is 0 Å². The predicted octanol–water partition coefficient (Wildman–Crippen LogP) is 3.74. The lowest BCUT2D eigenvalue weighted by atomic mass is 9.97. The normalized spacial score (nSPS) is 21.9. The number of hydrogen-bond donors (Lipinski definition) is 1. The first-order valence-electron chi connectivity index (χ1n) is 7.98.